The number of imide groups is 1. The number of aromatic nitrogens is 3. The first-order valence-electron chi connectivity index (χ1n) is 9.68. The number of para-hydroxylation sites is 1. The summed E-state index contributed by atoms with van der Waals surface area (Å²) in [7, 11) is 0. The minimum atomic E-state index is -0.568. The van der Waals surface area contributed by atoms with Gasteiger partial charge in [0.15, 0.2) is 5.16 Å². The minimum Gasteiger partial charge on any atom is -0.467 e. The zero-order valence-corrected chi connectivity index (χ0v) is 17.1. The monoisotopic (exact) mass is 426 g/mol. The van der Waals surface area contributed by atoms with Crippen molar-refractivity contribution in [2.75, 3.05) is 29.1 Å². The molecule has 0 unspecified atom stereocenters. The van der Waals surface area contributed by atoms with Crippen LogP contribution in [0.3, 0.4) is 0 Å². The second-order valence-corrected chi connectivity index (χ2v) is 7.74. The molecule has 0 saturated carbocycles. The molecule has 156 valence electrons. The van der Waals surface area contributed by atoms with Gasteiger partial charge in [0.25, 0.3) is 0 Å². The molecule has 30 heavy (non-hydrogen) atoms. The van der Waals surface area contributed by atoms with Gasteiger partial charge in [0.1, 0.15) is 5.76 Å². The van der Waals surface area contributed by atoms with Crippen LogP contribution in [-0.2, 0) is 11.3 Å². The molecule has 3 aromatic rings. The number of furan rings is 1. The van der Waals surface area contributed by atoms with Crippen LogP contribution >= 0.6 is 11.8 Å². The van der Waals surface area contributed by atoms with Gasteiger partial charge in [-0.25, -0.2) is 4.79 Å². The normalized spacial score (nSPS) is 13.4. The molecule has 0 bridgehead atoms. The molecule has 1 aliphatic rings. The molecule has 1 aliphatic heterocycles. The number of hydrogen-bond donors (Lipinski definition) is 2. The number of urea groups is 1. The zero-order chi connectivity index (χ0) is 20.8. The fraction of sp³-hybridized carbons (Fsp3) is 0.300. The van der Waals surface area contributed by atoms with Gasteiger partial charge in [-0.1, -0.05) is 30.0 Å². The molecule has 10 heteroatoms. The number of nitrogens with one attached hydrogen (secondary N) is 2. The van der Waals surface area contributed by atoms with E-state index in [9.17, 15) is 9.59 Å². The Bertz CT molecular complexity index is 983. The predicted octanol–water partition coefficient (Wildman–Crippen LogP) is 2.96. The van der Waals surface area contributed by atoms with Crippen molar-refractivity contribution < 1.29 is 14.0 Å². The van der Waals surface area contributed by atoms with Crippen molar-refractivity contribution in [1.82, 2.24) is 20.1 Å². The average molecular weight is 427 g/mol. The SMILES string of the molecule is O=C(CSc1nnc(N2CCCC2)n1Cc1ccco1)NC(=O)Nc1ccccc1. The molecule has 3 heterocycles. The third-order valence-corrected chi connectivity index (χ3v) is 5.56. The van der Waals surface area contributed by atoms with Crippen LogP contribution in [0.15, 0.2) is 58.3 Å². The number of nitrogens with zero attached hydrogens (tertiary/aromatic N) is 4. The predicted molar refractivity (Wildman–Crippen MR) is 114 cm³/mol. The Morgan fingerprint density at radius 2 is 1.87 bits per heavy atom. The molecular weight excluding hydrogens is 404 g/mol. The van der Waals surface area contributed by atoms with Gasteiger partial charge in [-0.05, 0) is 37.1 Å². The molecule has 1 saturated heterocycles. The molecule has 4 rings (SSSR count). The van der Waals surface area contributed by atoms with Gasteiger partial charge in [0.2, 0.25) is 11.9 Å². The van der Waals surface area contributed by atoms with Crippen LogP contribution in [0, 0.1) is 0 Å². The van der Waals surface area contributed by atoms with Crippen LogP contribution in [-0.4, -0.2) is 45.5 Å². The van der Waals surface area contributed by atoms with E-state index in [-0.39, 0.29) is 5.75 Å². The summed E-state index contributed by atoms with van der Waals surface area (Å²) in [6.07, 6.45) is 3.87. The Balaban J connectivity index is 1.38. The van der Waals surface area contributed by atoms with Gasteiger partial charge >= 0.3 is 6.03 Å². The highest BCUT2D eigenvalue weighted by Crippen LogP contribution is 2.25. The second kappa shape index (κ2) is 9.49. The number of anilines is 2. The molecule has 2 aromatic heterocycles. The Morgan fingerprint density at radius 3 is 2.60 bits per heavy atom. The first kappa shape index (κ1) is 20.0. The van der Waals surface area contributed by atoms with Crippen LogP contribution in [0.5, 0.6) is 0 Å². The number of carbonyl (C=O) groups is 2. The zero-order valence-electron chi connectivity index (χ0n) is 16.3. The van der Waals surface area contributed by atoms with E-state index in [0.717, 1.165) is 37.6 Å². The summed E-state index contributed by atoms with van der Waals surface area (Å²) in [6, 6.07) is 12.1. The minimum absolute atomic E-state index is 0.0402. The molecule has 2 N–H and O–H groups in total. The Hall–Kier alpha value is -3.27. The summed E-state index contributed by atoms with van der Waals surface area (Å²) in [5, 5.41) is 14.2. The second-order valence-electron chi connectivity index (χ2n) is 6.80. The molecule has 0 spiro atoms. The van der Waals surface area contributed by atoms with Crippen LogP contribution in [0.4, 0.5) is 16.4 Å². The average Bonchev–Trinajstić information content (AvgIpc) is 3.50. The largest absolute Gasteiger partial charge is 0.467 e. The van der Waals surface area contributed by atoms with Crippen molar-refractivity contribution >= 4 is 35.3 Å². The summed E-state index contributed by atoms with van der Waals surface area (Å²) in [6.45, 7) is 2.34. The lowest BCUT2D eigenvalue weighted by atomic mass is 10.3. The molecule has 0 radical (unpaired) electrons. The van der Waals surface area contributed by atoms with Gasteiger partial charge in [-0.15, -0.1) is 10.2 Å². The number of thioether (sulfide) groups is 1. The first-order valence-corrected chi connectivity index (χ1v) is 10.7. The molecule has 0 aliphatic carbocycles. The number of carbonyl (C=O) groups excluding carboxylic acids is 2. The number of hydrogen-bond acceptors (Lipinski definition) is 7. The van der Waals surface area contributed by atoms with E-state index in [4.69, 9.17) is 4.42 Å². The molecule has 0 atom stereocenters. The first-order chi connectivity index (χ1) is 14.7. The Labute approximate surface area is 177 Å². The van der Waals surface area contributed by atoms with Crippen LogP contribution < -0.4 is 15.5 Å². The summed E-state index contributed by atoms with van der Waals surface area (Å²) in [4.78, 5) is 26.4. The Morgan fingerprint density at radius 1 is 1.07 bits per heavy atom. The lowest BCUT2D eigenvalue weighted by molar-refractivity contribution is -0.117. The van der Waals surface area contributed by atoms with Crippen molar-refractivity contribution in [3.8, 4) is 0 Å². The molecule has 3 amide bonds. The molecule has 9 nitrogen and oxygen atoms in total. The van der Waals surface area contributed by atoms with E-state index in [1.54, 1.807) is 30.5 Å². The van der Waals surface area contributed by atoms with E-state index < -0.39 is 11.9 Å². The van der Waals surface area contributed by atoms with Crippen LogP contribution in [0.25, 0.3) is 0 Å². The summed E-state index contributed by atoms with van der Waals surface area (Å²) < 4.78 is 7.43. The van der Waals surface area contributed by atoms with Gasteiger partial charge < -0.3 is 14.6 Å². The van der Waals surface area contributed by atoms with E-state index in [2.05, 4.69) is 25.7 Å². The van der Waals surface area contributed by atoms with Crippen molar-refractivity contribution in [2.24, 2.45) is 0 Å². The highest BCUT2D eigenvalue weighted by Gasteiger charge is 2.22. The Kier molecular flexibility index (Phi) is 6.33. The standard InChI is InChI=1S/C20H22N6O3S/c27-17(22-18(28)21-15-7-2-1-3-8-15)14-30-20-24-23-19(25-10-4-5-11-25)26(20)13-16-9-6-12-29-16/h1-3,6-9,12H,4-5,10-11,13-14H2,(H2,21,22,27,28). The van der Waals surface area contributed by atoms with Crippen molar-refractivity contribution in [3.63, 3.8) is 0 Å². The molecule has 1 aromatic carbocycles. The van der Waals surface area contributed by atoms with Crippen molar-refractivity contribution in [1.29, 1.82) is 0 Å². The van der Waals surface area contributed by atoms with E-state index in [1.807, 2.05) is 22.8 Å². The van der Waals surface area contributed by atoms with Gasteiger partial charge in [-0.2, -0.15) is 0 Å². The fourth-order valence-corrected chi connectivity index (χ4v) is 3.95. The third-order valence-electron chi connectivity index (χ3n) is 4.60. The lowest BCUT2D eigenvalue weighted by Gasteiger charge is -2.17. The lowest BCUT2D eigenvalue weighted by Crippen LogP contribution is -2.35. The maximum Gasteiger partial charge on any atom is 0.325 e. The summed E-state index contributed by atoms with van der Waals surface area (Å²) >= 11 is 1.23. The fourth-order valence-electron chi connectivity index (χ4n) is 3.21. The third kappa shape index (κ3) is 5.01. The summed E-state index contributed by atoms with van der Waals surface area (Å²) in [5.74, 6) is 1.18. The van der Waals surface area contributed by atoms with Crippen molar-refractivity contribution in [3.05, 3.63) is 54.5 Å². The van der Waals surface area contributed by atoms with E-state index in [0.29, 0.717) is 17.4 Å². The smallest absolute Gasteiger partial charge is 0.325 e. The van der Waals surface area contributed by atoms with Gasteiger partial charge in [0, 0.05) is 18.8 Å². The molecular formula is C20H22N6O3S. The topological polar surface area (TPSA) is 105 Å². The highest BCUT2D eigenvalue weighted by atomic mass is 32.2. The quantitative estimate of drug-likeness (QED) is 0.560. The summed E-state index contributed by atoms with van der Waals surface area (Å²) in [5.41, 5.74) is 0.615. The highest BCUT2D eigenvalue weighted by molar-refractivity contribution is 7.99. The number of amides is 3. The van der Waals surface area contributed by atoms with E-state index >= 15 is 0 Å². The van der Waals surface area contributed by atoms with E-state index in [1.165, 1.54) is 11.8 Å². The van der Waals surface area contributed by atoms with Crippen molar-refractivity contribution in [2.45, 2.75) is 24.5 Å². The molecule has 1 fully saturated rings. The number of benzene rings is 1. The maximum absolute atomic E-state index is 12.2. The van der Waals surface area contributed by atoms with Gasteiger partial charge in [-0.3, -0.25) is 14.7 Å². The van der Waals surface area contributed by atoms with Crippen LogP contribution in [0.1, 0.15) is 18.6 Å². The number of rotatable bonds is 7. The van der Waals surface area contributed by atoms with Crippen LogP contribution in [0.2, 0.25) is 0 Å². The van der Waals surface area contributed by atoms with Gasteiger partial charge in [0.05, 0.1) is 18.6 Å². The maximum atomic E-state index is 12.2.